The van der Waals surface area contributed by atoms with Crippen LogP contribution in [0.25, 0.3) is 11.0 Å². The van der Waals surface area contributed by atoms with Gasteiger partial charge in [-0.1, -0.05) is 6.07 Å². The predicted octanol–water partition coefficient (Wildman–Crippen LogP) is 1.22. The molecule has 2 heterocycles. The van der Waals surface area contributed by atoms with Gasteiger partial charge in [0.15, 0.2) is 0 Å². The number of nitrogens with zero attached hydrogens (tertiary/aromatic N) is 1. The van der Waals surface area contributed by atoms with Gasteiger partial charge in [-0.3, -0.25) is 14.6 Å². The lowest BCUT2D eigenvalue weighted by Crippen LogP contribution is -2.28. The van der Waals surface area contributed by atoms with E-state index >= 15 is 0 Å². The second kappa shape index (κ2) is 5.00. The Kier molecular flexibility index (Phi) is 3.04. The van der Waals surface area contributed by atoms with Crippen LogP contribution < -0.4 is 16.4 Å². The third-order valence-corrected chi connectivity index (χ3v) is 2.94. The van der Waals surface area contributed by atoms with Crippen LogP contribution in [0.15, 0.2) is 52.3 Å². The average Bonchev–Trinajstić information content (AvgIpc) is 2.47. The molecule has 3 N–H and O–H groups in total. The summed E-state index contributed by atoms with van der Waals surface area (Å²) in [5.41, 5.74) is 1.80. The Labute approximate surface area is 113 Å². The molecular weight excluding hydrogens is 256 g/mol. The number of aromatic amines is 2. The van der Waals surface area contributed by atoms with Gasteiger partial charge in [-0.25, -0.2) is 0 Å². The predicted molar refractivity (Wildman–Crippen MR) is 76.8 cm³/mol. The summed E-state index contributed by atoms with van der Waals surface area (Å²) in [6.45, 7) is 0.632. The number of nitrogens with one attached hydrogen (secondary N) is 3. The summed E-state index contributed by atoms with van der Waals surface area (Å²) < 4.78 is 0. The minimum atomic E-state index is -0.651. The van der Waals surface area contributed by atoms with Gasteiger partial charge in [0.1, 0.15) is 0 Å². The highest BCUT2D eigenvalue weighted by Crippen LogP contribution is 2.14. The maximum absolute atomic E-state index is 11.3. The largest absolute Gasteiger partial charge is 0.381 e. The number of benzene rings is 1. The number of H-pyrrole nitrogens is 2. The van der Waals surface area contributed by atoms with Crippen LogP contribution in [-0.2, 0) is 6.54 Å². The normalized spacial score (nSPS) is 10.6. The van der Waals surface area contributed by atoms with Gasteiger partial charge in [-0.05, 0) is 29.8 Å². The third-order valence-electron chi connectivity index (χ3n) is 2.94. The summed E-state index contributed by atoms with van der Waals surface area (Å²) in [4.78, 5) is 31.6. The molecule has 0 atom stereocenters. The van der Waals surface area contributed by atoms with Gasteiger partial charge in [0, 0.05) is 24.6 Å². The molecule has 0 saturated heterocycles. The Bertz CT molecular complexity index is 852. The molecule has 0 saturated carbocycles. The molecule has 2 aromatic heterocycles. The Hall–Kier alpha value is -2.89. The van der Waals surface area contributed by atoms with E-state index in [2.05, 4.69) is 20.3 Å². The Morgan fingerprint density at radius 2 is 1.85 bits per heavy atom. The van der Waals surface area contributed by atoms with Crippen molar-refractivity contribution in [1.82, 2.24) is 15.0 Å². The van der Waals surface area contributed by atoms with Crippen molar-refractivity contribution in [3.63, 3.8) is 0 Å². The first kappa shape index (κ1) is 12.2. The van der Waals surface area contributed by atoms with E-state index in [0.29, 0.717) is 17.6 Å². The molecule has 0 bridgehead atoms. The first-order valence-electron chi connectivity index (χ1n) is 6.11. The molecule has 0 amide bonds. The van der Waals surface area contributed by atoms with Crippen molar-refractivity contribution in [3.05, 3.63) is 69.0 Å². The smallest absolute Gasteiger partial charge is 0.314 e. The third kappa shape index (κ3) is 2.44. The van der Waals surface area contributed by atoms with Gasteiger partial charge < -0.3 is 15.3 Å². The van der Waals surface area contributed by atoms with Crippen LogP contribution in [0, 0.1) is 0 Å². The second-order valence-corrected chi connectivity index (χ2v) is 4.38. The van der Waals surface area contributed by atoms with Crippen molar-refractivity contribution in [2.45, 2.75) is 6.54 Å². The number of hydrogen-bond acceptors (Lipinski definition) is 4. The minimum Gasteiger partial charge on any atom is -0.381 e. The zero-order chi connectivity index (χ0) is 13.9. The van der Waals surface area contributed by atoms with Gasteiger partial charge in [0.2, 0.25) is 0 Å². The number of anilines is 1. The number of pyridine rings is 1. The molecule has 3 aromatic rings. The van der Waals surface area contributed by atoms with Crippen molar-refractivity contribution in [2.24, 2.45) is 0 Å². The number of rotatable bonds is 3. The first-order valence-corrected chi connectivity index (χ1v) is 6.11. The number of hydrogen-bond donors (Lipinski definition) is 3. The highest BCUT2D eigenvalue weighted by Gasteiger charge is 2.01. The molecule has 6 heteroatoms. The quantitative estimate of drug-likeness (QED) is 0.623. The Morgan fingerprint density at radius 3 is 2.60 bits per heavy atom. The van der Waals surface area contributed by atoms with Crippen LogP contribution >= 0.6 is 0 Å². The fraction of sp³-hybridized carbons (Fsp3) is 0.0714. The lowest BCUT2D eigenvalue weighted by Gasteiger charge is -2.07. The molecule has 0 radical (unpaired) electrons. The van der Waals surface area contributed by atoms with Gasteiger partial charge in [-0.15, -0.1) is 0 Å². The monoisotopic (exact) mass is 268 g/mol. The number of aromatic nitrogens is 3. The summed E-state index contributed by atoms with van der Waals surface area (Å²) in [5, 5.41) is 3.23. The van der Waals surface area contributed by atoms with Crippen molar-refractivity contribution < 1.29 is 0 Å². The summed E-state index contributed by atoms with van der Waals surface area (Å²) >= 11 is 0. The van der Waals surface area contributed by atoms with E-state index in [9.17, 15) is 9.59 Å². The van der Waals surface area contributed by atoms with Crippen molar-refractivity contribution in [2.75, 3.05) is 5.32 Å². The fourth-order valence-electron chi connectivity index (χ4n) is 1.93. The average molecular weight is 268 g/mol. The zero-order valence-corrected chi connectivity index (χ0v) is 10.5. The molecule has 0 fully saturated rings. The molecule has 20 heavy (non-hydrogen) atoms. The molecule has 3 rings (SSSR count). The van der Waals surface area contributed by atoms with Crippen LogP contribution in [0.3, 0.4) is 0 Å². The molecule has 6 nitrogen and oxygen atoms in total. The highest BCUT2D eigenvalue weighted by atomic mass is 16.2. The van der Waals surface area contributed by atoms with Crippen LogP contribution in [-0.4, -0.2) is 15.0 Å². The van der Waals surface area contributed by atoms with Gasteiger partial charge in [-0.2, -0.15) is 0 Å². The van der Waals surface area contributed by atoms with Crippen LogP contribution in [0.4, 0.5) is 5.69 Å². The highest BCUT2D eigenvalue weighted by molar-refractivity contribution is 5.78. The Balaban J connectivity index is 1.88. The topological polar surface area (TPSA) is 90.6 Å². The fourth-order valence-corrected chi connectivity index (χ4v) is 1.93. The first-order chi connectivity index (χ1) is 9.72. The summed E-state index contributed by atoms with van der Waals surface area (Å²) in [6, 6.07) is 9.22. The molecule has 0 spiro atoms. The minimum absolute atomic E-state index is 0.589. The molecule has 0 unspecified atom stereocenters. The lowest BCUT2D eigenvalue weighted by atomic mass is 10.2. The molecule has 0 aliphatic rings. The van der Waals surface area contributed by atoms with Crippen molar-refractivity contribution >= 4 is 16.7 Å². The molecular formula is C14H12N4O2. The van der Waals surface area contributed by atoms with Crippen molar-refractivity contribution in [3.8, 4) is 0 Å². The standard InChI is InChI=1S/C14H12N4O2/c19-13-14(20)18-12-6-10(3-4-11(12)17-13)16-8-9-2-1-5-15-7-9/h1-7,16H,8H2,(H,17,19)(H,18,20). The van der Waals surface area contributed by atoms with Gasteiger partial charge in [0.05, 0.1) is 11.0 Å². The van der Waals surface area contributed by atoms with E-state index in [0.717, 1.165) is 11.3 Å². The Morgan fingerprint density at radius 1 is 1.05 bits per heavy atom. The number of fused-ring (bicyclic) bond motifs is 1. The van der Waals surface area contributed by atoms with E-state index in [4.69, 9.17) is 0 Å². The molecule has 1 aromatic carbocycles. The van der Waals surface area contributed by atoms with Crippen LogP contribution in [0.2, 0.25) is 0 Å². The zero-order valence-electron chi connectivity index (χ0n) is 10.5. The van der Waals surface area contributed by atoms with Gasteiger partial charge in [0.25, 0.3) is 0 Å². The molecule has 100 valence electrons. The summed E-state index contributed by atoms with van der Waals surface area (Å²) in [6.07, 6.45) is 3.51. The lowest BCUT2D eigenvalue weighted by molar-refractivity contribution is 1.11. The summed E-state index contributed by atoms with van der Waals surface area (Å²) in [7, 11) is 0. The molecule has 0 aliphatic heterocycles. The second-order valence-electron chi connectivity index (χ2n) is 4.38. The summed E-state index contributed by atoms with van der Waals surface area (Å²) in [5.74, 6) is 0. The SMILES string of the molecule is O=c1[nH]c2ccc(NCc3cccnc3)cc2[nH]c1=O. The van der Waals surface area contributed by atoms with Crippen LogP contribution in [0.5, 0.6) is 0 Å². The van der Waals surface area contributed by atoms with E-state index in [1.165, 1.54) is 0 Å². The van der Waals surface area contributed by atoms with E-state index < -0.39 is 11.1 Å². The maximum atomic E-state index is 11.3. The van der Waals surface area contributed by atoms with E-state index in [1.807, 2.05) is 18.2 Å². The molecule has 0 aliphatic carbocycles. The van der Waals surface area contributed by atoms with Crippen LogP contribution in [0.1, 0.15) is 5.56 Å². The maximum Gasteiger partial charge on any atom is 0.314 e. The van der Waals surface area contributed by atoms with E-state index in [-0.39, 0.29) is 0 Å². The van der Waals surface area contributed by atoms with Gasteiger partial charge >= 0.3 is 11.1 Å². The van der Waals surface area contributed by atoms with E-state index in [1.54, 1.807) is 24.5 Å². The van der Waals surface area contributed by atoms with Crippen molar-refractivity contribution in [1.29, 1.82) is 0 Å².